The number of rotatable bonds is 16. The minimum absolute atomic E-state index is 0.0591. The van der Waals surface area contributed by atoms with Crippen LogP contribution in [0.3, 0.4) is 0 Å². The van der Waals surface area contributed by atoms with Gasteiger partial charge in [0.05, 0.1) is 26.3 Å². The van der Waals surface area contributed by atoms with Crippen LogP contribution < -0.4 is 0 Å². The summed E-state index contributed by atoms with van der Waals surface area (Å²) in [7, 11) is 0. The number of aryl methyl sites for hydroxylation is 1. The van der Waals surface area contributed by atoms with Crippen molar-refractivity contribution in [3.63, 3.8) is 0 Å². The zero-order valence-electron chi connectivity index (χ0n) is 22.8. The molecule has 0 bridgehead atoms. The van der Waals surface area contributed by atoms with E-state index in [1.165, 1.54) is 25.7 Å². The number of unbranched alkanes of at least 4 members (excludes halogenated alkanes) is 5. The number of carbonyl (C=O) groups excluding carboxylic acids is 2. The SMILES string of the molecule is CCCCCCCCC(=O)N(CCN1CCOCC1)CC(=O)N(Cc1ccccc1)Cc1ccc(C)o1. The fourth-order valence-corrected chi connectivity index (χ4v) is 4.65. The van der Waals surface area contributed by atoms with Crippen molar-refractivity contribution in [2.45, 2.75) is 71.9 Å². The third-order valence-corrected chi connectivity index (χ3v) is 6.92. The number of hydrogen-bond donors (Lipinski definition) is 0. The molecule has 1 fully saturated rings. The van der Waals surface area contributed by atoms with Crippen LogP contribution in [-0.4, -0.2) is 72.5 Å². The van der Waals surface area contributed by atoms with Crippen LogP contribution in [0.1, 0.15) is 69.0 Å². The zero-order chi connectivity index (χ0) is 26.3. The van der Waals surface area contributed by atoms with E-state index in [-0.39, 0.29) is 18.4 Å². The molecule has 37 heavy (non-hydrogen) atoms. The number of benzene rings is 1. The average molecular weight is 512 g/mol. The van der Waals surface area contributed by atoms with Crippen LogP contribution in [0.2, 0.25) is 0 Å². The molecule has 2 heterocycles. The van der Waals surface area contributed by atoms with Crippen LogP contribution in [0.15, 0.2) is 46.9 Å². The highest BCUT2D eigenvalue weighted by atomic mass is 16.5. The van der Waals surface area contributed by atoms with Gasteiger partial charge in [0.2, 0.25) is 11.8 Å². The molecular formula is C30H45N3O4. The van der Waals surface area contributed by atoms with Gasteiger partial charge in [0, 0.05) is 39.1 Å². The Morgan fingerprint density at radius 2 is 1.59 bits per heavy atom. The van der Waals surface area contributed by atoms with Crippen molar-refractivity contribution < 1.29 is 18.7 Å². The fraction of sp³-hybridized carbons (Fsp3) is 0.600. The Morgan fingerprint density at radius 3 is 2.30 bits per heavy atom. The molecule has 2 aromatic rings. The molecule has 1 aliphatic rings. The lowest BCUT2D eigenvalue weighted by molar-refractivity contribution is -0.141. The molecule has 0 aliphatic carbocycles. The Bertz CT molecular complexity index is 924. The van der Waals surface area contributed by atoms with Crippen molar-refractivity contribution in [1.82, 2.24) is 14.7 Å². The van der Waals surface area contributed by atoms with E-state index < -0.39 is 0 Å². The van der Waals surface area contributed by atoms with Gasteiger partial charge in [0.1, 0.15) is 11.5 Å². The van der Waals surface area contributed by atoms with Crippen LogP contribution in [0, 0.1) is 6.92 Å². The monoisotopic (exact) mass is 511 g/mol. The van der Waals surface area contributed by atoms with E-state index >= 15 is 0 Å². The molecule has 0 N–H and O–H groups in total. The Balaban J connectivity index is 1.64. The molecule has 0 saturated carbocycles. The molecule has 0 atom stereocenters. The maximum Gasteiger partial charge on any atom is 0.242 e. The lowest BCUT2D eigenvalue weighted by Crippen LogP contribution is -2.47. The predicted molar refractivity (Wildman–Crippen MR) is 146 cm³/mol. The van der Waals surface area contributed by atoms with Crippen molar-refractivity contribution in [3.05, 3.63) is 59.5 Å². The van der Waals surface area contributed by atoms with Crippen molar-refractivity contribution in [3.8, 4) is 0 Å². The highest BCUT2D eigenvalue weighted by Crippen LogP contribution is 2.15. The summed E-state index contributed by atoms with van der Waals surface area (Å²) in [6.07, 6.45) is 7.30. The van der Waals surface area contributed by atoms with Gasteiger partial charge in [-0.25, -0.2) is 0 Å². The van der Waals surface area contributed by atoms with Crippen LogP contribution in [-0.2, 0) is 27.4 Å². The van der Waals surface area contributed by atoms with Crippen molar-refractivity contribution in [2.75, 3.05) is 45.9 Å². The van der Waals surface area contributed by atoms with Crippen molar-refractivity contribution in [1.29, 1.82) is 0 Å². The minimum Gasteiger partial charge on any atom is -0.464 e. The number of hydrogen-bond acceptors (Lipinski definition) is 5. The lowest BCUT2D eigenvalue weighted by atomic mass is 10.1. The summed E-state index contributed by atoms with van der Waals surface area (Å²) >= 11 is 0. The molecule has 0 unspecified atom stereocenters. The molecule has 1 aromatic carbocycles. The Labute approximate surface area is 222 Å². The van der Waals surface area contributed by atoms with Gasteiger partial charge in [-0.1, -0.05) is 69.4 Å². The third-order valence-electron chi connectivity index (χ3n) is 6.92. The number of morpholine rings is 1. The van der Waals surface area contributed by atoms with Crippen molar-refractivity contribution >= 4 is 11.8 Å². The van der Waals surface area contributed by atoms with Crippen LogP contribution in [0.25, 0.3) is 0 Å². The van der Waals surface area contributed by atoms with Gasteiger partial charge in [-0.15, -0.1) is 0 Å². The number of nitrogens with zero attached hydrogens (tertiary/aromatic N) is 3. The molecule has 2 amide bonds. The number of amides is 2. The van der Waals surface area contributed by atoms with E-state index in [4.69, 9.17) is 9.15 Å². The predicted octanol–water partition coefficient (Wildman–Crippen LogP) is 5.03. The zero-order valence-corrected chi connectivity index (χ0v) is 22.8. The molecule has 0 spiro atoms. The van der Waals surface area contributed by atoms with E-state index in [0.717, 1.165) is 62.8 Å². The second-order valence-corrected chi connectivity index (χ2v) is 10.0. The summed E-state index contributed by atoms with van der Waals surface area (Å²) in [6, 6.07) is 13.8. The van der Waals surface area contributed by atoms with Crippen molar-refractivity contribution in [2.24, 2.45) is 0 Å². The summed E-state index contributed by atoms with van der Waals surface area (Å²) in [5.74, 6) is 1.59. The van der Waals surface area contributed by atoms with Crippen LogP contribution in [0.5, 0.6) is 0 Å². The first-order chi connectivity index (χ1) is 18.0. The quantitative estimate of drug-likeness (QED) is 0.296. The molecule has 7 nitrogen and oxygen atoms in total. The molecule has 3 rings (SSSR count). The maximum atomic E-state index is 13.6. The summed E-state index contributed by atoms with van der Waals surface area (Å²) in [5, 5.41) is 0. The first kappa shape index (κ1) is 28.9. The largest absolute Gasteiger partial charge is 0.464 e. The third kappa shape index (κ3) is 10.7. The van der Waals surface area contributed by atoms with E-state index in [9.17, 15) is 9.59 Å². The van der Waals surface area contributed by atoms with Gasteiger partial charge in [-0.2, -0.15) is 0 Å². The smallest absolute Gasteiger partial charge is 0.242 e. The summed E-state index contributed by atoms with van der Waals surface area (Å²) in [6.45, 7) is 9.54. The van der Waals surface area contributed by atoms with Crippen LogP contribution >= 0.6 is 0 Å². The van der Waals surface area contributed by atoms with Gasteiger partial charge in [0.25, 0.3) is 0 Å². The van der Waals surface area contributed by atoms with Gasteiger partial charge < -0.3 is 19.0 Å². The fourth-order valence-electron chi connectivity index (χ4n) is 4.65. The highest BCUT2D eigenvalue weighted by Gasteiger charge is 2.23. The Kier molecular flexibility index (Phi) is 12.7. The normalized spacial score (nSPS) is 14.0. The highest BCUT2D eigenvalue weighted by molar-refractivity contribution is 5.84. The maximum absolute atomic E-state index is 13.6. The van der Waals surface area contributed by atoms with Gasteiger partial charge >= 0.3 is 0 Å². The molecule has 1 saturated heterocycles. The molecule has 1 aromatic heterocycles. The molecule has 0 radical (unpaired) electrons. The Hall–Kier alpha value is -2.64. The number of carbonyl (C=O) groups is 2. The molecule has 1 aliphatic heterocycles. The molecule has 204 valence electrons. The van der Waals surface area contributed by atoms with Gasteiger partial charge in [-0.05, 0) is 31.0 Å². The lowest BCUT2D eigenvalue weighted by Gasteiger charge is -2.31. The van der Waals surface area contributed by atoms with E-state index in [1.807, 2.05) is 49.4 Å². The Morgan fingerprint density at radius 1 is 0.865 bits per heavy atom. The van der Waals surface area contributed by atoms with Gasteiger partial charge in [0.15, 0.2) is 0 Å². The van der Waals surface area contributed by atoms with E-state index in [0.29, 0.717) is 26.1 Å². The van der Waals surface area contributed by atoms with Gasteiger partial charge in [-0.3, -0.25) is 14.5 Å². The summed E-state index contributed by atoms with van der Waals surface area (Å²) in [5.41, 5.74) is 1.05. The summed E-state index contributed by atoms with van der Waals surface area (Å²) < 4.78 is 11.2. The number of ether oxygens (including phenoxy) is 1. The van der Waals surface area contributed by atoms with Crippen LogP contribution in [0.4, 0.5) is 0 Å². The first-order valence-corrected chi connectivity index (χ1v) is 14.0. The van der Waals surface area contributed by atoms with E-state index in [1.54, 1.807) is 9.80 Å². The second kappa shape index (κ2) is 16.3. The molecule has 7 heteroatoms. The second-order valence-electron chi connectivity index (χ2n) is 10.0. The number of furan rings is 1. The molecular weight excluding hydrogens is 466 g/mol. The first-order valence-electron chi connectivity index (χ1n) is 14.0. The average Bonchev–Trinajstić information content (AvgIpc) is 3.33. The standard InChI is InChI=1S/C30H45N3O4/c1-3-4-5-6-7-11-14-29(34)32(18-17-31-19-21-36-22-20-31)25-30(35)33(23-27-12-9-8-10-13-27)24-28-16-15-26(2)37-28/h8-10,12-13,15-16H,3-7,11,14,17-25H2,1-2H3. The van der Waals surface area contributed by atoms with E-state index in [2.05, 4.69) is 11.8 Å². The topological polar surface area (TPSA) is 66.2 Å². The summed E-state index contributed by atoms with van der Waals surface area (Å²) in [4.78, 5) is 32.8. The minimum atomic E-state index is -0.0591.